The zero-order valence-electron chi connectivity index (χ0n) is 10.5. The number of hydrogen-bond acceptors (Lipinski definition) is 2. The zero-order chi connectivity index (χ0) is 13.9. The monoisotopic (exact) mass is 269 g/mol. The van der Waals surface area contributed by atoms with Gasteiger partial charge in [-0.3, -0.25) is 9.59 Å². The number of carboxylic acid groups (broad SMARTS) is 1. The van der Waals surface area contributed by atoms with Crippen molar-refractivity contribution in [3.63, 3.8) is 0 Å². The van der Waals surface area contributed by atoms with Crippen molar-refractivity contribution in [3.8, 4) is 0 Å². The minimum Gasteiger partial charge on any atom is -0.481 e. The van der Waals surface area contributed by atoms with E-state index in [4.69, 9.17) is 16.7 Å². The Bertz CT molecular complexity index is 473. The number of rotatable bonds is 4. The fourth-order valence-corrected chi connectivity index (χ4v) is 1.66. The van der Waals surface area contributed by atoms with Crippen LogP contribution >= 0.6 is 11.6 Å². The topological polar surface area (TPSA) is 66.4 Å². The molecule has 2 atom stereocenters. The van der Waals surface area contributed by atoms with E-state index in [9.17, 15) is 9.59 Å². The smallest absolute Gasteiger partial charge is 0.308 e. The van der Waals surface area contributed by atoms with E-state index in [2.05, 4.69) is 5.32 Å². The summed E-state index contributed by atoms with van der Waals surface area (Å²) in [6, 6.07) is 4.69. The molecule has 0 bridgehead atoms. The highest BCUT2D eigenvalue weighted by Gasteiger charge is 2.22. The summed E-state index contributed by atoms with van der Waals surface area (Å²) in [5, 5.41) is 11.9. The van der Waals surface area contributed by atoms with Gasteiger partial charge in [0, 0.05) is 6.04 Å². The molecule has 2 N–H and O–H groups in total. The molecule has 2 unspecified atom stereocenters. The number of aryl methyl sites for hydroxylation is 1. The molecule has 98 valence electrons. The van der Waals surface area contributed by atoms with Gasteiger partial charge < -0.3 is 10.4 Å². The Labute approximate surface area is 111 Å². The van der Waals surface area contributed by atoms with Gasteiger partial charge >= 0.3 is 5.97 Å². The molecule has 0 spiro atoms. The largest absolute Gasteiger partial charge is 0.481 e. The molecule has 0 saturated heterocycles. The van der Waals surface area contributed by atoms with Crippen LogP contribution in [0, 0.1) is 12.8 Å². The van der Waals surface area contributed by atoms with Crippen LogP contribution in [-0.4, -0.2) is 23.0 Å². The van der Waals surface area contributed by atoms with Gasteiger partial charge in [0.15, 0.2) is 0 Å². The van der Waals surface area contributed by atoms with Gasteiger partial charge in [0.1, 0.15) is 0 Å². The Hall–Kier alpha value is -1.55. The normalized spacial score (nSPS) is 13.8. The van der Waals surface area contributed by atoms with Gasteiger partial charge in [-0.05, 0) is 32.4 Å². The van der Waals surface area contributed by atoms with Crippen LogP contribution in [0.5, 0.6) is 0 Å². The van der Waals surface area contributed by atoms with Crippen molar-refractivity contribution >= 4 is 23.5 Å². The van der Waals surface area contributed by atoms with Crippen LogP contribution in [0.25, 0.3) is 0 Å². The number of nitrogens with one attached hydrogen (secondary N) is 1. The predicted molar refractivity (Wildman–Crippen MR) is 69.9 cm³/mol. The van der Waals surface area contributed by atoms with Gasteiger partial charge in [0.25, 0.3) is 5.91 Å². The molecule has 0 aliphatic carbocycles. The highest BCUT2D eigenvalue weighted by atomic mass is 35.5. The third-order valence-electron chi connectivity index (χ3n) is 2.93. The number of amides is 1. The molecular weight excluding hydrogens is 254 g/mol. The van der Waals surface area contributed by atoms with Crippen LogP contribution in [-0.2, 0) is 4.79 Å². The maximum atomic E-state index is 12.0. The lowest BCUT2D eigenvalue weighted by molar-refractivity contribution is -0.141. The van der Waals surface area contributed by atoms with Crippen molar-refractivity contribution in [3.05, 3.63) is 34.3 Å². The van der Waals surface area contributed by atoms with E-state index < -0.39 is 17.9 Å². The zero-order valence-corrected chi connectivity index (χ0v) is 11.3. The number of carboxylic acids is 1. The van der Waals surface area contributed by atoms with Crippen LogP contribution in [0.1, 0.15) is 29.8 Å². The summed E-state index contributed by atoms with van der Waals surface area (Å²) in [5.74, 6) is -1.96. The maximum absolute atomic E-state index is 12.0. The van der Waals surface area contributed by atoms with E-state index >= 15 is 0 Å². The summed E-state index contributed by atoms with van der Waals surface area (Å²) in [4.78, 5) is 22.8. The number of aliphatic carboxylic acids is 1. The second kappa shape index (κ2) is 5.87. The first-order valence-electron chi connectivity index (χ1n) is 5.63. The van der Waals surface area contributed by atoms with Gasteiger partial charge in [0.05, 0.1) is 16.5 Å². The molecule has 1 aromatic rings. The van der Waals surface area contributed by atoms with E-state index in [0.717, 1.165) is 5.56 Å². The quantitative estimate of drug-likeness (QED) is 0.882. The standard InChI is InChI=1S/C13H16ClNO3/c1-7-5-4-6-10(11(7)14)12(16)15-9(3)8(2)13(17)18/h4-6,8-9H,1-3H3,(H,15,16)(H,17,18). The summed E-state index contributed by atoms with van der Waals surface area (Å²) in [5.41, 5.74) is 1.17. The molecule has 0 heterocycles. The molecule has 0 radical (unpaired) electrons. The summed E-state index contributed by atoms with van der Waals surface area (Å²) >= 11 is 6.04. The van der Waals surface area contributed by atoms with Crippen molar-refractivity contribution in [2.24, 2.45) is 5.92 Å². The summed E-state index contributed by atoms with van der Waals surface area (Å²) < 4.78 is 0. The fourth-order valence-electron chi connectivity index (χ4n) is 1.45. The lowest BCUT2D eigenvalue weighted by Gasteiger charge is -2.18. The van der Waals surface area contributed by atoms with E-state index in [0.29, 0.717) is 10.6 Å². The van der Waals surface area contributed by atoms with Crippen molar-refractivity contribution in [1.82, 2.24) is 5.32 Å². The first kappa shape index (κ1) is 14.5. The fraction of sp³-hybridized carbons (Fsp3) is 0.385. The third kappa shape index (κ3) is 3.23. The molecule has 1 aromatic carbocycles. The number of carbonyl (C=O) groups excluding carboxylic acids is 1. The summed E-state index contributed by atoms with van der Waals surface area (Å²) in [6.07, 6.45) is 0. The maximum Gasteiger partial charge on any atom is 0.308 e. The molecular formula is C13H16ClNO3. The second-order valence-corrected chi connectivity index (χ2v) is 4.70. The van der Waals surface area contributed by atoms with Gasteiger partial charge in [-0.1, -0.05) is 23.7 Å². The summed E-state index contributed by atoms with van der Waals surface area (Å²) in [6.45, 7) is 5.01. The van der Waals surface area contributed by atoms with Gasteiger partial charge in [-0.2, -0.15) is 0 Å². The third-order valence-corrected chi connectivity index (χ3v) is 3.44. The highest BCUT2D eigenvalue weighted by Crippen LogP contribution is 2.20. The predicted octanol–water partition coefficient (Wildman–Crippen LogP) is 2.49. The van der Waals surface area contributed by atoms with E-state index in [1.165, 1.54) is 0 Å². The molecule has 0 aliphatic rings. The average Bonchev–Trinajstić information content (AvgIpc) is 2.31. The molecule has 0 fully saturated rings. The van der Waals surface area contributed by atoms with E-state index in [-0.39, 0.29) is 5.91 Å². The Morgan fingerprint density at radius 2 is 1.94 bits per heavy atom. The molecule has 0 saturated carbocycles. The van der Waals surface area contributed by atoms with Crippen LogP contribution in [0.3, 0.4) is 0 Å². The molecule has 1 amide bonds. The molecule has 5 heteroatoms. The molecule has 0 aromatic heterocycles. The average molecular weight is 270 g/mol. The Balaban J connectivity index is 2.83. The van der Waals surface area contributed by atoms with Gasteiger partial charge in [-0.25, -0.2) is 0 Å². The Morgan fingerprint density at radius 3 is 2.50 bits per heavy atom. The van der Waals surface area contributed by atoms with Crippen LogP contribution in [0.15, 0.2) is 18.2 Å². The number of halogens is 1. The number of benzene rings is 1. The van der Waals surface area contributed by atoms with Crippen molar-refractivity contribution in [2.45, 2.75) is 26.8 Å². The van der Waals surface area contributed by atoms with Crippen molar-refractivity contribution < 1.29 is 14.7 Å². The van der Waals surface area contributed by atoms with Crippen LogP contribution < -0.4 is 5.32 Å². The Morgan fingerprint density at radius 1 is 1.33 bits per heavy atom. The summed E-state index contributed by atoms with van der Waals surface area (Å²) in [7, 11) is 0. The molecule has 1 rings (SSSR count). The van der Waals surface area contributed by atoms with Gasteiger partial charge in [-0.15, -0.1) is 0 Å². The molecule has 0 aliphatic heterocycles. The lowest BCUT2D eigenvalue weighted by atomic mass is 10.0. The lowest BCUT2D eigenvalue weighted by Crippen LogP contribution is -2.40. The highest BCUT2D eigenvalue weighted by molar-refractivity contribution is 6.34. The Kier molecular flexibility index (Phi) is 4.73. The minimum atomic E-state index is -0.946. The molecule has 4 nitrogen and oxygen atoms in total. The number of hydrogen-bond donors (Lipinski definition) is 2. The van der Waals surface area contributed by atoms with Crippen molar-refractivity contribution in [2.75, 3.05) is 0 Å². The SMILES string of the molecule is Cc1cccc(C(=O)NC(C)C(C)C(=O)O)c1Cl. The van der Waals surface area contributed by atoms with E-state index in [1.807, 2.05) is 13.0 Å². The van der Waals surface area contributed by atoms with Gasteiger partial charge in [0.2, 0.25) is 0 Å². The van der Waals surface area contributed by atoms with E-state index in [1.54, 1.807) is 26.0 Å². The second-order valence-electron chi connectivity index (χ2n) is 4.33. The van der Waals surface area contributed by atoms with Crippen molar-refractivity contribution in [1.29, 1.82) is 0 Å². The molecule has 18 heavy (non-hydrogen) atoms. The van der Waals surface area contributed by atoms with Crippen LogP contribution in [0.2, 0.25) is 5.02 Å². The first-order valence-corrected chi connectivity index (χ1v) is 6.01. The van der Waals surface area contributed by atoms with Crippen LogP contribution in [0.4, 0.5) is 0 Å². The number of carbonyl (C=O) groups is 2. The minimum absolute atomic E-state index is 0.357. The first-order chi connectivity index (χ1) is 8.34.